The number of nitrogens with zero attached hydrogens (tertiary/aromatic N) is 2. The van der Waals surface area contributed by atoms with Crippen LogP contribution in [0, 0.1) is 22.0 Å². The van der Waals surface area contributed by atoms with Crippen molar-refractivity contribution in [3.8, 4) is 0 Å². The predicted molar refractivity (Wildman–Crippen MR) is 78.3 cm³/mol. The van der Waals surface area contributed by atoms with Crippen LogP contribution in [-0.2, 0) is 0 Å². The molecule has 7 nitrogen and oxygen atoms in total. The third kappa shape index (κ3) is 3.57. The summed E-state index contributed by atoms with van der Waals surface area (Å²) >= 11 is 0. The van der Waals surface area contributed by atoms with Gasteiger partial charge in [0.15, 0.2) is 0 Å². The molecular weight excluding hydrogens is 258 g/mol. The number of hydrogen-bond acceptors (Lipinski definition) is 6. The third-order valence-corrected chi connectivity index (χ3v) is 4.00. The quantitative estimate of drug-likeness (QED) is 0.434. The molecule has 1 fully saturated rings. The molecule has 0 spiro atoms. The second kappa shape index (κ2) is 6.51. The Labute approximate surface area is 118 Å². The van der Waals surface area contributed by atoms with Crippen molar-refractivity contribution in [3.63, 3.8) is 0 Å². The summed E-state index contributed by atoms with van der Waals surface area (Å²) in [5, 5.41) is 14.1. The average molecular weight is 279 g/mol. The lowest BCUT2D eigenvalue weighted by Gasteiger charge is -2.28. The molecule has 1 aromatic rings. The summed E-state index contributed by atoms with van der Waals surface area (Å²) in [7, 11) is 0. The van der Waals surface area contributed by atoms with E-state index in [9.17, 15) is 10.1 Å². The van der Waals surface area contributed by atoms with Crippen LogP contribution in [0.15, 0.2) is 12.1 Å². The highest BCUT2D eigenvalue weighted by Gasteiger charge is 2.21. The van der Waals surface area contributed by atoms with Gasteiger partial charge in [-0.1, -0.05) is 26.2 Å². The Morgan fingerprint density at radius 3 is 2.75 bits per heavy atom. The lowest BCUT2D eigenvalue weighted by atomic mass is 9.80. The van der Waals surface area contributed by atoms with E-state index in [1.165, 1.54) is 37.8 Å². The van der Waals surface area contributed by atoms with Crippen molar-refractivity contribution >= 4 is 17.3 Å². The van der Waals surface area contributed by atoms with E-state index in [1.54, 1.807) is 0 Å². The van der Waals surface area contributed by atoms with E-state index >= 15 is 0 Å². The molecule has 1 aliphatic rings. The molecule has 1 aromatic heterocycles. The molecule has 110 valence electrons. The van der Waals surface area contributed by atoms with E-state index in [0.29, 0.717) is 23.5 Å². The van der Waals surface area contributed by atoms with Crippen LogP contribution in [0.4, 0.5) is 17.3 Å². The van der Waals surface area contributed by atoms with Crippen LogP contribution in [0.25, 0.3) is 0 Å². The minimum atomic E-state index is -0.447. The van der Waals surface area contributed by atoms with Crippen molar-refractivity contribution in [2.24, 2.45) is 17.7 Å². The fourth-order valence-corrected chi connectivity index (χ4v) is 2.72. The molecule has 0 aromatic carbocycles. The Bertz CT molecular complexity index is 480. The molecular formula is C13H21N5O2. The molecule has 0 radical (unpaired) electrons. The maximum atomic E-state index is 10.9. The van der Waals surface area contributed by atoms with Crippen LogP contribution in [0.5, 0.6) is 0 Å². The fraction of sp³-hybridized carbons (Fsp3) is 0.615. The monoisotopic (exact) mass is 279 g/mol. The maximum absolute atomic E-state index is 10.9. The van der Waals surface area contributed by atoms with Gasteiger partial charge in [0.2, 0.25) is 0 Å². The number of hydrazine groups is 1. The molecule has 0 aliphatic heterocycles. The number of nitrogen functional groups attached to an aromatic ring is 1. The Morgan fingerprint density at radius 2 is 2.10 bits per heavy atom. The molecule has 0 amide bonds. The van der Waals surface area contributed by atoms with Gasteiger partial charge in [-0.25, -0.2) is 10.8 Å². The van der Waals surface area contributed by atoms with E-state index < -0.39 is 4.92 Å². The zero-order chi connectivity index (χ0) is 14.5. The number of rotatable bonds is 5. The minimum Gasteiger partial charge on any atom is -0.370 e. The Hall–Kier alpha value is -1.89. The number of nitro groups is 1. The molecule has 0 saturated heterocycles. The summed E-state index contributed by atoms with van der Waals surface area (Å²) in [5.74, 6) is 7.35. The Morgan fingerprint density at radius 1 is 1.40 bits per heavy atom. The van der Waals surface area contributed by atoms with Crippen molar-refractivity contribution in [3.05, 3.63) is 22.2 Å². The van der Waals surface area contributed by atoms with Crippen LogP contribution < -0.4 is 16.6 Å². The lowest BCUT2D eigenvalue weighted by molar-refractivity contribution is -0.384. The molecule has 7 heteroatoms. The smallest absolute Gasteiger partial charge is 0.276 e. The van der Waals surface area contributed by atoms with Gasteiger partial charge in [-0.05, 0) is 18.3 Å². The maximum Gasteiger partial charge on any atom is 0.276 e. The average Bonchev–Trinajstić information content (AvgIpc) is 2.46. The Kier molecular flexibility index (Phi) is 4.73. The fourth-order valence-electron chi connectivity index (χ4n) is 2.72. The van der Waals surface area contributed by atoms with Crippen molar-refractivity contribution < 1.29 is 4.92 Å². The van der Waals surface area contributed by atoms with Gasteiger partial charge in [-0.15, -0.1) is 0 Å². The third-order valence-electron chi connectivity index (χ3n) is 4.00. The summed E-state index contributed by atoms with van der Waals surface area (Å²) < 4.78 is 0. The van der Waals surface area contributed by atoms with Crippen LogP contribution in [0.1, 0.15) is 32.6 Å². The van der Waals surface area contributed by atoms with E-state index in [1.807, 2.05) is 0 Å². The number of aromatic nitrogens is 1. The van der Waals surface area contributed by atoms with E-state index in [4.69, 9.17) is 5.84 Å². The number of hydrogen-bond donors (Lipinski definition) is 3. The molecule has 2 unspecified atom stereocenters. The largest absolute Gasteiger partial charge is 0.370 e. The Balaban J connectivity index is 2.04. The highest BCUT2D eigenvalue weighted by atomic mass is 16.6. The van der Waals surface area contributed by atoms with Gasteiger partial charge in [0, 0.05) is 6.54 Å². The summed E-state index contributed by atoms with van der Waals surface area (Å²) in [4.78, 5) is 14.6. The second-order valence-corrected chi connectivity index (χ2v) is 5.40. The summed E-state index contributed by atoms with van der Waals surface area (Å²) in [5.41, 5.74) is 2.33. The SMILES string of the molecule is CC1CCCCC1CNc1cc([N+](=O)[O-])cc(NN)n1. The first-order valence-electron chi connectivity index (χ1n) is 6.97. The van der Waals surface area contributed by atoms with E-state index in [0.717, 1.165) is 6.54 Å². The van der Waals surface area contributed by atoms with Crippen LogP contribution >= 0.6 is 0 Å². The van der Waals surface area contributed by atoms with Crippen LogP contribution in [0.3, 0.4) is 0 Å². The van der Waals surface area contributed by atoms with Gasteiger partial charge >= 0.3 is 0 Å². The standard InChI is InChI=1S/C13H21N5O2/c1-9-4-2-3-5-10(9)8-15-12-6-11(18(19)20)7-13(16-12)17-14/h6-7,9-10H,2-5,8,14H2,1H3,(H2,15,16,17). The zero-order valence-corrected chi connectivity index (χ0v) is 11.6. The van der Waals surface area contributed by atoms with E-state index in [-0.39, 0.29) is 5.69 Å². The van der Waals surface area contributed by atoms with Crippen LogP contribution in [0.2, 0.25) is 0 Å². The first-order valence-corrected chi connectivity index (χ1v) is 6.97. The highest BCUT2D eigenvalue weighted by molar-refractivity contribution is 5.54. The van der Waals surface area contributed by atoms with Crippen molar-refractivity contribution in [1.29, 1.82) is 0 Å². The van der Waals surface area contributed by atoms with Crippen molar-refractivity contribution in [1.82, 2.24) is 4.98 Å². The summed E-state index contributed by atoms with van der Waals surface area (Å²) in [6, 6.07) is 2.75. The van der Waals surface area contributed by atoms with Crippen molar-refractivity contribution in [2.45, 2.75) is 32.6 Å². The second-order valence-electron chi connectivity index (χ2n) is 5.40. The number of pyridine rings is 1. The minimum absolute atomic E-state index is 0.0212. The van der Waals surface area contributed by atoms with Crippen LogP contribution in [-0.4, -0.2) is 16.5 Å². The number of nitrogens with one attached hydrogen (secondary N) is 2. The lowest BCUT2D eigenvalue weighted by Crippen LogP contribution is -2.24. The van der Waals surface area contributed by atoms with E-state index in [2.05, 4.69) is 22.7 Å². The number of nitrogens with two attached hydrogens (primary N) is 1. The van der Waals surface area contributed by atoms with Gasteiger partial charge in [-0.3, -0.25) is 10.1 Å². The molecule has 1 heterocycles. The topological polar surface area (TPSA) is 106 Å². The zero-order valence-electron chi connectivity index (χ0n) is 11.6. The molecule has 2 atom stereocenters. The summed E-state index contributed by atoms with van der Waals surface area (Å²) in [6.45, 7) is 3.05. The molecule has 1 aliphatic carbocycles. The molecule has 4 N–H and O–H groups in total. The number of anilines is 2. The van der Waals surface area contributed by atoms with Gasteiger partial charge < -0.3 is 10.7 Å². The molecule has 20 heavy (non-hydrogen) atoms. The highest BCUT2D eigenvalue weighted by Crippen LogP contribution is 2.30. The van der Waals surface area contributed by atoms with Gasteiger partial charge in [0.1, 0.15) is 11.6 Å². The molecule has 1 saturated carbocycles. The van der Waals surface area contributed by atoms with Gasteiger partial charge in [0.25, 0.3) is 5.69 Å². The first kappa shape index (κ1) is 14.5. The first-order chi connectivity index (χ1) is 9.60. The normalized spacial score (nSPS) is 22.3. The van der Waals surface area contributed by atoms with Crippen molar-refractivity contribution in [2.75, 3.05) is 17.3 Å². The van der Waals surface area contributed by atoms with Gasteiger partial charge in [0.05, 0.1) is 17.1 Å². The van der Waals surface area contributed by atoms with Gasteiger partial charge in [-0.2, -0.15) is 0 Å². The molecule has 0 bridgehead atoms. The predicted octanol–water partition coefficient (Wildman–Crippen LogP) is 2.51. The summed E-state index contributed by atoms with van der Waals surface area (Å²) in [6.07, 6.45) is 5.01. The molecule has 2 rings (SSSR count).